The normalized spacial score (nSPS) is 22.9. The Kier molecular flexibility index (Phi) is 6.53. The number of Topliss-reactive ketones (excluding diaryl/α,β-unsaturated/α-hetero) is 1. The molecule has 4 atom stereocenters. The number of amides is 2. The Balaban J connectivity index is 1.25. The number of benzene rings is 2. The molecule has 3 aliphatic rings. The van der Waals surface area contributed by atoms with Gasteiger partial charge in [0, 0.05) is 24.4 Å². The number of carbonyl (C=O) groups excluding carboxylic acids is 3. The average molecular weight is 500 g/mol. The van der Waals surface area contributed by atoms with Crippen molar-refractivity contribution in [2.75, 3.05) is 0 Å². The highest BCUT2D eigenvalue weighted by atomic mass is 16.6. The molecular weight excluding hydrogens is 466 g/mol. The molecule has 192 valence electrons. The van der Waals surface area contributed by atoms with Gasteiger partial charge in [-0.1, -0.05) is 36.4 Å². The van der Waals surface area contributed by atoms with Gasteiger partial charge in [-0.2, -0.15) is 5.26 Å². The van der Waals surface area contributed by atoms with Crippen molar-refractivity contribution >= 4 is 17.8 Å². The molecule has 37 heavy (non-hydrogen) atoms. The molecule has 5 rings (SSSR count). The summed E-state index contributed by atoms with van der Waals surface area (Å²) in [5.74, 6) is 0.00109. The Labute approximate surface area is 217 Å². The minimum absolute atomic E-state index is 0.0122. The molecule has 1 heterocycles. The fraction of sp³-hybridized carbons (Fsp3) is 0.467. The first-order valence-electron chi connectivity index (χ1n) is 13.1. The predicted molar refractivity (Wildman–Crippen MR) is 139 cm³/mol. The predicted octanol–water partition coefficient (Wildman–Crippen LogP) is 4.82. The van der Waals surface area contributed by atoms with Gasteiger partial charge in [0.25, 0.3) is 0 Å². The third-order valence-corrected chi connectivity index (χ3v) is 7.69. The summed E-state index contributed by atoms with van der Waals surface area (Å²) in [6.07, 6.45) is 3.86. The molecule has 0 aromatic heterocycles. The molecule has 2 aromatic rings. The van der Waals surface area contributed by atoms with Crippen LogP contribution in [0.3, 0.4) is 0 Å². The monoisotopic (exact) mass is 499 g/mol. The van der Waals surface area contributed by atoms with E-state index in [-0.39, 0.29) is 23.7 Å². The summed E-state index contributed by atoms with van der Waals surface area (Å²) in [7, 11) is 0. The second-order valence-electron chi connectivity index (χ2n) is 11.4. The fourth-order valence-corrected chi connectivity index (χ4v) is 5.97. The van der Waals surface area contributed by atoms with E-state index in [1.807, 2.05) is 63.2 Å². The Morgan fingerprint density at radius 3 is 2.54 bits per heavy atom. The Hall–Kier alpha value is -3.66. The first kappa shape index (κ1) is 25.0. The molecule has 1 N–H and O–H groups in total. The van der Waals surface area contributed by atoms with Crippen LogP contribution in [0.15, 0.2) is 42.5 Å². The molecule has 0 radical (unpaired) electrons. The summed E-state index contributed by atoms with van der Waals surface area (Å²) in [5.41, 5.74) is 4.19. The van der Waals surface area contributed by atoms with Crippen LogP contribution in [0, 0.1) is 17.2 Å². The summed E-state index contributed by atoms with van der Waals surface area (Å²) in [4.78, 5) is 39.9. The number of carbonyl (C=O) groups is 3. The molecule has 2 aliphatic carbocycles. The van der Waals surface area contributed by atoms with Crippen LogP contribution in [0.25, 0.3) is 11.1 Å². The van der Waals surface area contributed by atoms with E-state index in [2.05, 4.69) is 11.4 Å². The lowest BCUT2D eigenvalue weighted by molar-refractivity contribution is -0.128. The van der Waals surface area contributed by atoms with Crippen LogP contribution in [0.1, 0.15) is 67.9 Å². The van der Waals surface area contributed by atoms with Gasteiger partial charge in [-0.25, -0.2) is 4.79 Å². The van der Waals surface area contributed by atoms with Crippen LogP contribution in [0.5, 0.6) is 0 Å². The van der Waals surface area contributed by atoms with Gasteiger partial charge in [-0.15, -0.1) is 0 Å². The summed E-state index contributed by atoms with van der Waals surface area (Å²) in [6, 6.07) is 14.8. The molecule has 1 aliphatic heterocycles. The molecule has 7 nitrogen and oxygen atoms in total. The molecule has 2 fully saturated rings. The van der Waals surface area contributed by atoms with E-state index in [4.69, 9.17) is 4.74 Å². The quantitative estimate of drug-likeness (QED) is 0.636. The number of ketones is 1. The highest BCUT2D eigenvalue weighted by Gasteiger charge is 2.52. The topological polar surface area (TPSA) is 99.5 Å². The highest BCUT2D eigenvalue weighted by molar-refractivity contribution is 6.01. The lowest BCUT2D eigenvalue weighted by atomic mass is 9.96. The van der Waals surface area contributed by atoms with E-state index in [0.717, 1.165) is 53.5 Å². The number of likely N-dealkylation sites (tertiary alicyclic amines) is 1. The fourth-order valence-electron chi connectivity index (χ4n) is 5.97. The molecule has 7 heteroatoms. The van der Waals surface area contributed by atoms with Gasteiger partial charge in [0.05, 0.1) is 6.07 Å². The molecular formula is C30H33N3O4. The number of nitrogens with zero attached hydrogens (tertiary/aromatic N) is 2. The summed E-state index contributed by atoms with van der Waals surface area (Å²) >= 11 is 0. The number of piperidine rings is 1. The van der Waals surface area contributed by atoms with Crippen LogP contribution < -0.4 is 5.32 Å². The smallest absolute Gasteiger partial charge is 0.411 e. The number of hydrogen-bond donors (Lipinski definition) is 1. The molecule has 2 aromatic carbocycles. The average Bonchev–Trinajstić information content (AvgIpc) is 3.58. The first-order chi connectivity index (χ1) is 17.6. The van der Waals surface area contributed by atoms with Crippen LogP contribution in [-0.2, 0) is 22.4 Å². The molecule has 1 saturated heterocycles. The number of aryl methyl sites for hydroxylation is 1. The van der Waals surface area contributed by atoms with Gasteiger partial charge in [0.1, 0.15) is 17.7 Å². The van der Waals surface area contributed by atoms with Crippen molar-refractivity contribution in [3.05, 3.63) is 59.2 Å². The lowest BCUT2D eigenvalue weighted by Gasteiger charge is -2.35. The van der Waals surface area contributed by atoms with Crippen molar-refractivity contribution in [3.8, 4) is 17.2 Å². The molecule has 2 amide bonds. The van der Waals surface area contributed by atoms with Crippen LogP contribution in [0.4, 0.5) is 4.79 Å². The van der Waals surface area contributed by atoms with E-state index in [0.29, 0.717) is 12.8 Å². The van der Waals surface area contributed by atoms with Crippen molar-refractivity contribution in [2.45, 2.75) is 83.0 Å². The SMILES string of the molecule is CC(C)(C)OC(=O)N1C2CCC(C2)C1C(=O)NC(C#N)Cc1ccc(-c2ccc3c(c2)C(=O)CC3)cc1. The summed E-state index contributed by atoms with van der Waals surface area (Å²) in [5, 5.41) is 12.7. The number of hydrogen-bond acceptors (Lipinski definition) is 5. The molecule has 4 unspecified atom stereocenters. The zero-order chi connectivity index (χ0) is 26.3. The van der Waals surface area contributed by atoms with Gasteiger partial charge in [0.15, 0.2) is 5.78 Å². The number of nitriles is 1. The van der Waals surface area contributed by atoms with Crippen molar-refractivity contribution in [2.24, 2.45) is 5.92 Å². The van der Waals surface area contributed by atoms with Crippen LogP contribution in [0.2, 0.25) is 0 Å². The van der Waals surface area contributed by atoms with Gasteiger partial charge < -0.3 is 10.1 Å². The molecule has 1 saturated carbocycles. The second kappa shape index (κ2) is 9.66. The molecule has 2 bridgehead atoms. The van der Waals surface area contributed by atoms with E-state index in [1.165, 1.54) is 0 Å². The van der Waals surface area contributed by atoms with Crippen LogP contribution >= 0.6 is 0 Å². The summed E-state index contributed by atoms with van der Waals surface area (Å²) in [6.45, 7) is 5.44. The van der Waals surface area contributed by atoms with Crippen molar-refractivity contribution in [1.82, 2.24) is 10.2 Å². The first-order valence-corrected chi connectivity index (χ1v) is 13.1. The van der Waals surface area contributed by atoms with Gasteiger partial charge in [-0.3, -0.25) is 14.5 Å². The third kappa shape index (κ3) is 5.11. The zero-order valence-electron chi connectivity index (χ0n) is 21.6. The van der Waals surface area contributed by atoms with E-state index in [1.54, 1.807) is 4.90 Å². The van der Waals surface area contributed by atoms with Gasteiger partial charge in [-0.05, 0) is 80.7 Å². The highest BCUT2D eigenvalue weighted by Crippen LogP contribution is 2.43. The van der Waals surface area contributed by atoms with Gasteiger partial charge >= 0.3 is 6.09 Å². The maximum absolute atomic E-state index is 13.3. The van der Waals surface area contributed by atoms with Crippen molar-refractivity contribution < 1.29 is 19.1 Å². The number of rotatable bonds is 5. The van der Waals surface area contributed by atoms with Crippen molar-refractivity contribution in [1.29, 1.82) is 5.26 Å². The van der Waals surface area contributed by atoms with Crippen molar-refractivity contribution in [3.63, 3.8) is 0 Å². The van der Waals surface area contributed by atoms with E-state index >= 15 is 0 Å². The number of nitrogens with one attached hydrogen (secondary N) is 1. The minimum Gasteiger partial charge on any atom is -0.444 e. The van der Waals surface area contributed by atoms with E-state index < -0.39 is 23.8 Å². The number of ether oxygens (including phenoxy) is 1. The summed E-state index contributed by atoms with van der Waals surface area (Å²) < 4.78 is 5.58. The molecule has 0 spiro atoms. The Morgan fingerprint density at radius 2 is 1.84 bits per heavy atom. The second-order valence-corrected chi connectivity index (χ2v) is 11.4. The minimum atomic E-state index is -0.712. The third-order valence-electron chi connectivity index (χ3n) is 7.69. The Bertz CT molecular complexity index is 1270. The maximum Gasteiger partial charge on any atom is 0.411 e. The van der Waals surface area contributed by atoms with Gasteiger partial charge in [0.2, 0.25) is 5.91 Å². The zero-order valence-corrected chi connectivity index (χ0v) is 21.6. The largest absolute Gasteiger partial charge is 0.444 e. The lowest BCUT2D eigenvalue weighted by Crippen LogP contribution is -2.55. The van der Waals surface area contributed by atoms with E-state index in [9.17, 15) is 19.6 Å². The number of fused-ring (bicyclic) bond motifs is 3. The van der Waals surface area contributed by atoms with Crippen LogP contribution in [-0.4, -0.2) is 46.4 Å². The maximum atomic E-state index is 13.3. The standard InChI is InChI=1S/C30H33N3O4/c1-30(2,3)37-29(36)33-24-12-10-22(15-24)27(33)28(35)32-23(17-31)14-18-4-6-19(7-5-18)21-9-8-20-11-13-26(34)25(20)16-21/h4-9,16,22-24,27H,10-15H2,1-3H3,(H,32,35). The Morgan fingerprint density at radius 1 is 1.11 bits per heavy atom.